The Morgan fingerprint density at radius 3 is 2.69 bits per heavy atom. The number of thiazole rings is 1. The molecule has 0 unspecified atom stereocenters. The number of benzene rings is 3. The molecule has 6 nitrogen and oxygen atoms in total. The Morgan fingerprint density at radius 2 is 1.89 bits per heavy atom. The molecule has 0 aliphatic heterocycles. The Balaban J connectivity index is 1.36. The minimum absolute atomic E-state index is 0.258. The second-order valence-electron chi connectivity index (χ2n) is 7.86. The summed E-state index contributed by atoms with van der Waals surface area (Å²) in [5, 5.41) is 3.38. The second kappa shape index (κ2) is 12.0. The number of anilines is 1. The molecular formula is C28H28N2O4S. The van der Waals surface area contributed by atoms with Crippen molar-refractivity contribution in [3.8, 4) is 17.2 Å². The number of carbonyl (C=O) groups is 1. The predicted molar refractivity (Wildman–Crippen MR) is 141 cm³/mol. The molecule has 180 valence electrons. The quantitative estimate of drug-likeness (QED) is 0.188. The van der Waals surface area contributed by atoms with Crippen LogP contribution in [0.1, 0.15) is 30.9 Å². The highest BCUT2D eigenvalue weighted by Crippen LogP contribution is 2.30. The maximum atomic E-state index is 12.5. The molecule has 0 spiro atoms. The number of ether oxygens (including phenoxy) is 3. The molecule has 0 fully saturated rings. The average molecular weight is 489 g/mol. The molecule has 7 heteroatoms. The van der Waals surface area contributed by atoms with Crippen molar-refractivity contribution < 1.29 is 19.0 Å². The van der Waals surface area contributed by atoms with E-state index in [1.165, 1.54) is 17.4 Å². The summed E-state index contributed by atoms with van der Waals surface area (Å²) < 4.78 is 18.1. The van der Waals surface area contributed by atoms with Gasteiger partial charge in [0.15, 0.2) is 16.6 Å². The summed E-state index contributed by atoms with van der Waals surface area (Å²) in [6, 6.07) is 21.3. The molecule has 0 aliphatic rings. The molecule has 1 aromatic heterocycles. The summed E-state index contributed by atoms with van der Waals surface area (Å²) in [4.78, 5) is 17.0. The van der Waals surface area contributed by atoms with Crippen LogP contribution in [0.2, 0.25) is 0 Å². The minimum Gasteiger partial charge on any atom is -0.494 e. The predicted octanol–water partition coefficient (Wildman–Crippen LogP) is 6.71. The summed E-state index contributed by atoms with van der Waals surface area (Å²) >= 11 is 1.42. The first-order valence-corrected chi connectivity index (χ1v) is 12.3. The van der Waals surface area contributed by atoms with Gasteiger partial charge in [0.05, 0.1) is 23.9 Å². The lowest BCUT2D eigenvalue weighted by Crippen LogP contribution is -2.07. The van der Waals surface area contributed by atoms with Crippen molar-refractivity contribution in [2.75, 3.05) is 19.0 Å². The van der Waals surface area contributed by atoms with Gasteiger partial charge in [-0.05, 0) is 54.0 Å². The third-order valence-electron chi connectivity index (χ3n) is 5.21. The highest BCUT2D eigenvalue weighted by atomic mass is 32.1. The average Bonchev–Trinajstić information content (AvgIpc) is 3.28. The fraction of sp³-hybridized carbons (Fsp3) is 0.214. The number of amides is 1. The maximum Gasteiger partial charge on any atom is 0.250 e. The molecule has 0 radical (unpaired) electrons. The van der Waals surface area contributed by atoms with E-state index < -0.39 is 0 Å². The van der Waals surface area contributed by atoms with E-state index >= 15 is 0 Å². The molecule has 1 N–H and O–H groups in total. The second-order valence-corrected chi connectivity index (χ2v) is 8.89. The van der Waals surface area contributed by atoms with Crippen LogP contribution in [-0.4, -0.2) is 24.6 Å². The van der Waals surface area contributed by atoms with Gasteiger partial charge in [-0.15, -0.1) is 0 Å². The zero-order valence-electron chi connectivity index (χ0n) is 19.8. The topological polar surface area (TPSA) is 69.7 Å². The van der Waals surface area contributed by atoms with Crippen molar-refractivity contribution in [2.45, 2.75) is 26.4 Å². The standard InChI is InChI=1S/C28H28N2O4S/c1-3-4-16-33-22-12-13-23-26(18-22)35-28(29-23)30-27(31)15-11-20-10-14-24(25(17-20)32-2)34-19-21-8-6-5-7-9-21/h5-15,17-18H,3-4,16,19H2,1-2H3,(H,29,30,31)/b15-11+. The van der Waals surface area contributed by atoms with Gasteiger partial charge < -0.3 is 14.2 Å². The van der Waals surface area contributed by atoms with Crippen LogP contribution in [0.25, 0.3) is 16.3 Å². The van der Waals surface area contributed by atoms with Crippen LogP contribution in [0.5, 0.6) is 17.2 Å². The van der Waals surface area contributed by atoms with Crippen LogP contribution in [0.3, 0.4) is 0 Å². The lowest BCUT2D eigenvalue weighted by atomic mass is 10.2. The van der Waals surface area contributed by atoms with Gasteiger partial charge in [0.1, 0.15) is 12.4 Å². The van der Waals surface area contributed by atoms with Crippen molar-refractivity contribution in [3.63, 3.8) is 0 Å². The molecule has 0 saturated heterocycles. The van der Waals surface area contributed by atoms with E-state index in [1.807, 2.05) is 66.7 Å². The number of nitrogens with zero attached hydrogens (tertiary/aromatic N) is 1. The molecule has 35 heavy (non-hydrogen) atoms. The lowest BCUT2D eigenvalue weighted by molar-refractivity contribution is -0.111. The van der Waals surface area contributed by atoms with E-state index in [2.05, 4.69) is 17.2 Å². The number of carbonyl (C=O) groups excluding carboxylic acids is 1. The summed E-state index contributed by atoms with van der Waals surface area (Å²) in [6.07, 6.45) is 5.31. The summed E-state index contributed by atoms with van der Waals surface area (Å²) in [7, 11) is 1.60. The van der Waals surface area contributed by atoms with Gasteiger partial charge >= 0.3 is 0 Å². The Labute approximate surface area is 209 Å². The maximum absolute atomic E-state index is 12.5. The van der Waals surface area contributed by atoms with Crippen molar-refractivity contribution >= 4 is 38.7 Å². The normalized spacial score (nSPS) is 11.0. The van der Waals surface area contributed by atoms with Crippen LogP contribution < -0.4 is 19.5 Å². The Bertz CT molecular complexity index is 1300. The number of aromatic nitrogens is 1. The lowest BCUT2D eigenvalue weighted by Gasteiger charge is -2.11. The van der Waals surface area contributed by atoms with Gasteiger partial charge in [-0.1, -0.05) is 61.1 Å². The van der Waals surface area contributed by atoms with E-state index in [-0.39, 0.29) is 5.91 Å². The van der Waals surface area contributed by atoms with Crippen molar-refractivity contribution in [1.29, 1.82) is 0 Å². The number of hydrogen-bond acceptors (Lipinski definition) is 6. The fourth-order valence-electron chi connectivity index (χ4n) is 3.34. The third-order valence-corrected chi connectivity index (χ3v) is 6.14. The molecular weight excluding hydrogens is 460 g/mol. The molecule has 4 aromatic rings. The molecule has 1 amide bonds. The first-order chi connectivity index (χ1) is 17.1. The molecule has 0 saturated carbocycles. The number of nitrogens with one attached hydrogen (secondary N) is 1. The zero-order chi connectivity index (χ0) is 24.5. The third kappa shape index (κ3) is 6.83. The molecule has 0 aliphatic carbocycles. The van der Waals surface area contributed by atoms with Gasteiger partial charge in [0.25, 0.3) is 0 Å². The molecule has 1 heterocycles. The SMILES string of the molecule is CCCCOc1ccc2nc(NC(=O)/C=C/c3ccc(OCc4ccccc4)c(OC)c3)sc2c1. The first-order valence-electron chi connectivity index (χ1n) is 11.5. The number of unbranched alkanes of at least 4 members (excludes halogenated alkanes) is 1. The van der Waals surface area contributed by atoms with Gasteiger partial charge in [-0.2, -0.15) is 0 Å². The van der Waals surface area contributed by atoms with Crippen LogP contribution in [0.4, 0.5) is 5.13 Å². The van der Waals surface area contributed by atoms with E-state index in [0.29, 0.717) is 29.8 Å². The number of hydrogen-bond donors (Lipinski definition) is 1. The van der Waals surface area contributed by atoms with E-state index in [4.69, 9.17) is 14.2 Å². The largest absolute Gasteiger partial charge is 0.494 e. The van der Waals surface area contributed by atoms with E-state index in [0.717, 1.165) is 39.9 Å². The smallest absolute Gasteiger partial charge is 0.250 e. The first kappa shape index (κ1) is 24.3. The molecule has 0 atom stereocenters. The summed E-state index contributed by atoms with van der Waals surface area (Å²) in [6.45, 7) is 3.27. The van der Waals surface area contributed by atoms with Gasteiger partial charge in [-0.25, -0.2) is 4.98 Å². The minimum atomic E-state index is -0.258. The van der Waals surface area contributed by atoms with E-state index in [9.17, 15) is 4.79 Å². The Morgan fingerprint density at radius 1 is 1.03 bits per heavy atom. The number of rotatable bonds is 11. The van der Waals surface area contributed by atoms with Crippen molar-refractivity contribution in [3.05, 3.63) is 83.9 Å². The zero-order valence-corrected chi connectivity index (χ0v) is 20.6. The van der Waals surface area contributed by atoms with Crippen molar-refractivity contribution in [2.24, 2.45) is 0 Å². The number of methoxy groups -OCH3 is 1. The fourth-order valence-corrected chi connectivity index (χ4v) is 4.24. The van der Waals surface area contributed by atoms with Crippen molar-refractivity contribution in [1.82, 2.24) is 4.98 Å². The Hall–Kier alpha value is -3.84. The van der Waals surface area contributed by atoms with E-state index in [1.54, 1.807) is 13.2 Å². The molecule has 0 bridgehead atoms. The van der Waals surface area contributed by atoms with Crippen LogP contribution in [-0.2, 0) is 11.4 Å². The highest BCUT2D eigenvalue weighted by Gasteiger charge is 2.09. The van der Waals surface area contributed by atoms with Crippen LogP contribution in [0, 0.1) is 0 Å². The number of fused-ring (bicyclic) bond motifs is 1. The highest BCUT2D eigenvalue weighted by molar-refractivity contribution is 7.22. The monoisotopic (exact) mass is 488 g/mol. The van der Waals surface area contributed by atoms with Gasteiger partial charge in [0.2, 0.25) is 5.91 Å². The van der Waals surface area contributed by atoms with Crippen LogP contribution >= 0.6 is 11.3 Å². The molecule has 4 rings (SSSR count). The summed E-state index contributed by atoms with van der Waals surface area (Å²) in [5.41, 5.74) is 2.72. The van der Waals surface area contributed by atoms with Gasteiger partial charge in [0, 0.05) is 6.08 Å². The van der Waals surface area contributed by atoms with Crippen LogP contribution in [0.15, 0.2) is 72.8 Å². The Kier molecular flexibility index (Phi) is 8.35. The molecule has 3 aromatic carbocycles. The van der Waals surface area contributed by atoms with Gasteiger partial charge in [-0.3, -0.25) is 10.1 Å². The summed E-state index contributed by atoms with van der Waals surface area (Å²) in [5.74, 6) is 1.81.